The molecule has 1 spiro atoms. The fourth-order valence-electron chi connectivity index (χ4n) is 3.59. The molecule has 0 aromatic heterocycles. The Kier molecular flexibility index (Phi) is 4.18. The van der Waals surface area contributed by atoms with Crippen molar-refractivity contribution in [3.05, 3.63) is 29.6 Å². The highest BCUT2D eigenvalue weighted by Gasteiger charge is 2.40. The van der Waals surface area contributed by atoms with Crippen molar-refractivity contribution in [3.8, 4) is 5.75 Å². The van der Waals surface area contributed by atoms with E-state index in [-0.39, 0.29) is 23.6 Å². The molecule has 1 aromatic rings. The monoisotopic (exact) mass is 293 g/mol. The summed E-state index contributed by atoms with van der Waals surface area (Å²) in [4.78, 5) is 0. The number of ether oxygens (including phenoxy) is 2. The summed E-state index contributed by atoms with van der Waals surface area (Å²) in [5.41, 5.74) is 6.28. The first kappa shape index (κ1) is 14.8. The lowest BCUT2D eigenvalue weighted by Gasteiger charge is -2.38. The van der Waals surface area contributed by atoms with Crippen LogP contribution in [0.25, 0.3) is 0 Å². The van der Waals surface area contributed by atoms with Crippen molar-refractivity contribution < 1.29 is 13.9 Å². The molecule has 0 bridgehead atoms. The molecule has 1 aliphatic heterocycles. The molecule has 2 atom stereocenters. The van der Waals surface area contributed by atoms with Crippen LogP contribution in [0.2, 0.25) is 0 Å². The van der Waals surface area contributed by atoms with E-state index in [4.69, 9.17) is 15.2 Å². The molecule has 1 saturated carbocycles. The molecule has 116 valence electrons. The Balaban J connectivity index is 1.67. The van der Waals surface area contributed by atoms with Crippen LogP contribution in [-0.2, 0) is 4.74 Å². The van der Waals surface area contributed by atoms with Gasteiger partial charge in [-0.05, 0) is 25.8 Å². The fraction of sp³-hybridized carbons (Fsp3) is 0.647. The Morgan fingerprint density at radius 1 is 1.38 bits per heavy atom. The summed E-state index contributed by atoms with van der Waals surface area (Å²) >= 11 is 0. The van der Waals surface area contributed by atoms with E-state index in [1.807, 2.05) is 6.07 Å². The van der Waals surface area contributed by atoms with E-state index in [1.54, 1.807) is 13.0 Å². The number of benzene rings is 1. The van der Waals surface area contributed by atoms with Crippen LogP contribution in [0.15, 0.2) is 18.2 Å². The van der Waals surface area contributed by atoms with Crippen LogP contribution in [0, 0.1) is 5.82 Å². The van der Waals surface area contributed by atoms with E-state index in [0.717, 1.165) is 32.3 Å². The number of nitrogens with two attached hydrogens (primary N) is 1. The molecule has 1 aliphatic carbocycles. The summed E-state index contributed by atoms with van der Waals surface area (Å²) in [5, 5.41) is 0. The van der Waals surface area contributed by atoms with E-state index >= 15 is 0 Å². The zero-order valence-corrected chi connectivity index (χ0v) is 12.6. The highest BCUT2D eigenvalue weighted by atomic mass is 19.1. The normalized spacial score (nSPS) is 26.0. The van der Waals surface area contributed by atoms with Crippen LogP contribution >= 0.6 is 0 Å². The van der Waals surface area contributed by atoms with Gasteiger partial charge >= 0.3 is 0 Å². The van der Waals surface area contributed by atoms with Crippen LogP contribution in [-0.4, -0.2) is 18.3 Å². The van der Waals surface area contributed by atoms with Crippen LogP contribution < -0.4 is 10.5 Å². The Labute approximate surface area is 125 Å². The smallest absolute Gasteiger partial charge is 0.131 e. The molecular formula is C17H24FNO2. The molecule has 2 N–H and O–H groups in total. The van der Waals surface area contributed by atoms with E-state index in [2.05, 4.69) is 0 Å². The topological polar surface area (TPSA) is 44.5 Å². The predicted octanol–water partition coefficient (Wildman–Crippen LogP) is 3.72. The molecule has 0 amide bonds. The zero-order valence-electron chi connectivity index (χ0n) is 12.6. The quantitative estimate of drug-likeness (QED) is 0.924. The second-order valence-corrected chi connectivity index (χ2v) is 6.44. The summed E-state index contributed by atoms with van der Waals surface area (Å²) < 4.78 is 26.0. The molecule has 1 aromatic carbocycles. The Morgan fingerprint density at radius 2 is 2.14 bits per heavy atom. The van der Waals surface area contributed by atoms with Crippen LogP contribution in [0.5, 0.6) is 5.75 Å². The molecule has 1 heterocycles. The van der Waals surface area contributed by atoms with E-state index in [1.165, 1.54) is 18.9 Å². The van der Waals surface area contributed by atoms with Crippen molar-refractivity contribution in [1.29, 1.82) is 0 Å². The second kappa shape index (κ2) is 5.93. The average molecular weight is 293 g/mol. The van der Waals surface area contributed by atoms with Gasteiger partial charge in [0.05, 0.1) is 12.2 Å². The first-order valence-electron chi connectivity index (χ1n) is 7.94. The Morgan fingerprint density at radius 3 is 2.81 bits per heavy atom. The van der Waals surface area contributed by atoms with Gasteiger partial charge in [-0.3, -0.25) is 0 Å². The van der Waals surface area contributed by atoms with Crippen molar-refractivity contribution in [2.75, 3.05) is 6.61 Å². The van der Waals surface area contributed by atoms with E-state index in [9.17, 15) is 4.39 Å². The molecule has 21 heavy (non-hydrogen) atoms. The van der Waals surface area contributed by atoms with Gasteiger partial charge in [0.15, 0.2) is 0 Å². The summed E-state index contributed by atoms with van der Waals surface area (Å²) in [5.74, 6) is 0.307. The lowest BCUT2D eigenvalue weighted by molar-refractivity contribution is -0.108. The fourth-order valence-corrected chi connectivity index (χ4v) is 3.59. The number of halogens is 1. The van der Waals surface area contributed by atoms with Gasteiger partial charge in [0, 0.05) is 30.5 Å². The van der Waals surface area contributed by atoms with Gasteiger partial charge in [-0.1, -0.05) is 18.9 Å². The van der Waals surface area contributed by atoms with Crippen LogP contribution in [0.3, 0.4) is 0 Å². The molecule has 2 fully saturated rings. The SMILES string of the molecule is C[C@@H](N)c1ccc(OC2CCOC3(CCCC3)C2)cc1F. The van der Waals surface area contributed by atoms with Gasteiger partial charge in [-0.25, -0.2) is 4.39 Å². The first-order chi connectivity index (χ1) is 10.1. The average Bonchev–Trinajstić information content (AvgIpc) is 2.86. The number of rotatable bonds is 3. The molecule has 4 heteroatoms. The third-order valence-electron chi connectivity index (χ3n) is 4.73. The van der Waals surface area contributed by atoms with Crippen molar-refractivity contribution in [3.63, 3.8) is 0 Å². The third-order valence-corrected chi connectivity index (χ3v) is 4.73. The standard InChI is InChI=1S/C17H24FNO2/c1-12(19)15-5-4-13(10-16(15)18)21-14-6-9-20-17(11-14)7-2-3-8-17/h4-5,10,12,14H,2-3,6-9,11,19H2,1H3/t12-,14?/m1/s1. The molecule has 1 unspecified atom stereocenters. The van der Waals surface area contributed by atoms with Crippen molar-refractivity contribution >= 4 is 0 Å². The molecule has 0 radical (unpaired) electrons. The molecule has 2 aliphatic rings. The summed E-state index contributed by atoms with van der Waals surface area (Å²) in [6.45, 7) is 2.52. The molecule has 1 saturated heterocycles. The second-order valence-electron chi connectivity index (χ2n) is 6.44. The van der Waals surface area contributed by atoms with Crippen molar-refractivity contribution in [2.24, 2.45) is 5.73 Å². The largest absolute Gasteiger partial charge is 0.490 e. The van der Waals surface area contributed by atoms with Crippen molar-refractivity contribution in [2.45, 2.75) is 63.2 Å². The lowest BCUT2D eigenvalue weighted by atomic mass is 9.90. The minimum atomic E-state index is -0.302. The van der Waals surface area contributed by atoms with Gasteiger partial charge in [-0.2, -0.15) is 0 Å². The van der Waals surface area contributed by atoms with Gasteiger partial charge in [0.1, 0.15) is 17.7 Å². The van der Waals surface area contributed by atoms with Gasteiger partial charge in [0.25, 0.3) is 0 Å². The van der Waals surface area contributed by atoms with E-state index in [0.29, 0.717) is 11.3 Å². The Hall–Kier alpha value is -1.13. The highest BCUT2D eigenvalue weighted by molar-refractivity contribution is 5.30. The Bertz CT molecular complexity index is 498. The highest BCUT2D eigenvalue weighted by Crippen LogP contribution is 2.41. The van der Waals surface area contributed by atoms with Crippen LogP contribution in [0.1, 0.15) is 57.1 Å². The lowest BCUT2D eigenvalue weighted by Crippen LogP contribution is -2.41. The molecule has 3 nitrogen and oxygen atoms in total. The zero-order chi connectivity index (χ0) is 14.9. The van der Waals surface area contributed by atoms with Gasteiger partial charge < -0.3 is 15.2 Å². The third kappa shape index (κ3) is 3.22. The van der Waals surface area contributed by atoms with Crippen molar-refractivity contribution in [1.82, 2.24) is 0 Å². The summed E-state index contributed by atoms with van der Waals surface area (Å²) in [6.07, 6.45) is 6.66. The maximum Gasteiger partial charge on any atom is 0.131 e. The maximum atomic E-state index is 14.0. The number of hydrogen-bond acceptors (Lipinski definition) is 3. The molecular weight excluding hydrogens is 269 g/mol. The first-order valence-corrected chi connectivity index (χ1v) is 7.94. The predicted molar refractivity (Wildman–Crippen MR) is 79.8 cm³/mol. The molecule has 3 rings (SSSR count). The summed E-state index contributed by atoms with van der Waals surface area (Å²) in [7, 11) is 0. The minimum Gasteiger partial charge on any atom is -0.490 e. The summed E-state index contributed by atoms with van der Waals surface area (Å²) in [6, 6.07) is 4.69. The number of hydrogen-bond donors (Lipinski definition) is 1. The van der Waals surface area contributed by atoms with E-state index < -0.39 is 0 Å². The minimum absolute atomic E-state index is 0.0210. The van der Waals surface area contributed by atoms with Crippen LogP contribution in [0.4, 0.5) is 4.39 Å². The van der Waals surface area contributed by atoms with Gasteiger partial charge in [0.2, 0.25) is 0 Å². The van der Waals surface area contributed by atoms with Gasteiger partial charge in [-0.15, -0.1) is 0 Å². The maximum absolute atomic E-state index is 14.0.